The summed E-state index contributed by atoms with van der Waals surface area (Å²) in [6.07, 6.45) is -4.69. The van der Waals surface area contributed by atoms with E-state index in [1.807, 2.05) is 44.9 Å². The predicted molar refractivity (Wildman–Crippen MR) is 188 cm³/mol. The molecule has 2 aromatic carbocycles. The van der Waals surface area contributed by atoms with E-state index in [1.165, 1.54) is 19.2 Å². The Morgan fingerprint density at radius 3 is 1.76 bits per heavy atom. The summed E-state index contributed by atoms with van der Waals surface area (Å²) in [4.78, 5) is 45.3. The van der Waals surface area contributed by atoms with Gasteiger partial charge in [-0.15, -0.1) is 0 Å². The van der Waals surface area contributed by atoms with E-state index in [0.717, 1.165) is 11.1 Å². The average molecular weight is 688 g/mol. The molecule has 1 aliphatic rings. The first-order valence-electron chi connectivity index (χ1n) is 16.1. The number of benzene rings is 2. The summed E-state index contributed by atoms with van der Waals surface area (Å²) in [6.45, 7) is 7.17. The standard InChI is InChI=1S/C37H41N3O10/c1-18-10-13-24(38-18)36(43)50-34-33(44-9)21(4)45-37(47-28-15-12-23-26(40(7)8)17-30(42)49-32(23)20(28)3)35(34)46-27-14-11-22-25(39(5)6)16-29(41)48-31(22)19(27)2/h10-17,21,33-35,37-38H,1-9H3/t21-,33-,34+,35+,37-/m1/s1. The summed E-state index contributed by atoms with van der Waals surface area (Å²) in [5, 5.41) is 1.44. The van der Waals surface area contributed by atoms with Crippen LogP contribution in [0.4, 0.5) is 11.4 Å². The van der Waals surface area contributed by atoms with Gasteiger partial charge in [-0.1, -0.05) is 0 Å². The van der Waals surface area contributed by atoms with Crippen LogP contribution < -0.4 is 30.5 Å². The van der Waals surface area contributed by atoms with Gasteiger partial charge in [-0.3, -0.25) is 0 Å². The van der Waals surface area contributed by atoms with Gasteiger partial charge in [0, 0.05) is 75.0 Å². The van der Waals surface area contributed by atoms with E-state index in [-0.39, 0.29) is 5.69 Å². The van der Waals surface area contributed by atoms with Crippen molar-refractivity contribution in [2.24, 2.45) is 0 Å². The summed E-state index contributed by atoms with van der Waals surface area (Å²) in [6, 6.07) is 13.4. The zero-order valence-corrected chi connectivity index (χ0v) is 29.5. The molecule has 1 aliphatic heterocycles. The third-order valence-corrected chi connectivity index (χ3v) is 8.94. The number of aromatic amines is 1. The van der Waals surface area contributed by atoms with Gasteiger partial charge < -0.3 is 47.3 Å². The largest absolute Gasteiger partial charge is 0.479 e. The second-order valence-electron chi connectivity index (χ2n) is 12.9. The summed E-state index contributed by atoms with van der Waals surface area (Å²) < 4.78 is 42.9. The molecule has 0 spiro atoms. The Kier molecular flexibility index (Phi) is 9.38. The molecule has 0 aliphatic carbocycles. The van der Waals surface area contributed by atoms with Crippen molar-refractivity contribution in [1.82, 2.24) is 4.98 Å². The Balaban J connectivity index is 1.46. The lowest BCUT2D eigenvalue weighted by Gasteiger charge is -2.44. The number of nitrogens with one attached hydrogen (secondary N) is 1. The Labute approximate surface area is 288 Å². The van der Waals surface area contributed by atoms with E-state index in [1.54, 1.807) is 57.2 Å². The number of esters is 1. The van der Waals surface area contributed by atoms with E-state index in [4.69, 9.17) is 32.5 Å². The lowest BCUT2D eigenvalue weighted by molar-refractivity contribution is -0.265. The lowest BCUT2D eigenvalue weighted by Crippen LogP contribution is -2.62. The lowest BCUT2D eigenvalue weighted by atomic mass is 9.98. The van der Waals surface area contributed by atoms with Crippen LogP contribution >= 0.6 is 0 Å². The Morgan fingerprint density at radius 2 is 1.28 bits per heavy atom. The number of anilines is 2. The average Bonchev–Trinajstić information content (AvgIpc) is 3.51. The van der Waals surface area contributed by atoms with Gasteiger partial charge in [0.2, 0.25) is 6.29 Å². The molecule has 0 bridgehead atoms. The minimum atomic E-state index is -1.16. The van der Waals surface area contributed by atoms with Gasteiger partial charge in [0.1, 0.15) is 34.5 Å². The molecule has 13 nitrogen and oxygen atoms in total. The minimum absolute atomic E-state index is 0.254. The van der Waals surface area contributed by atoms with E-state index >= 15 is 0 Å². The van der Waals surface area contributed by atoms with Crippen molar-refractivity contribution < 1.29 is 37.3 Å². The molecular formula is C37H41N3O10. The number of rotatable bonds is 9. The molecule has 0 radical (unpaired) electrons. The highest BCUT2D eigenvalue weighted by Gasteiger charge is 2.50. The normalized spacial score (nSPS) is 20.5. The van der Waals surface area contributed by atoms with Gasteiger partial charge >= 0.3 is 17.2 Å². The molecule has 1 saturated heterocycles. The van der Waals surface area contributed by atoms with Crippen LogP contribution in [0.1, 0.15) is 34.2 Å². The second kappa shape index (κ2) is 13.6. The summed E-state index contributed by atoms with van der Waals surface area (Å²) in [7, 11) is 8.87. The number of nitrogens with zero attached hydrogens (tertiary/aromatic N) is 2. The van der Waals surface area contributed by atoms with E-state index in [0.29, 0.717) is 50.6 Å². The highest BCUT2D eigenvalue weighted by atomic mass is 16.7. The van der Waals surface area contributed by atoms with Crippen LogP contribution in [0.3, 0.4) is 0 Å². The molecule has 4 heterocycles. The number of aryl methyl sites for hydroxylation is 3. The highest BCUT2D eigenvalue weighted by Crippen LogP contribution is 2.38. The molecule has 50 heavy (non-hydrogen) atoms. The number of methoxy groups -OCH3 is 1. The summed E-state index contributed by atoms with van der Waals surface area (Å²) >= 11 is 0. The molecular weight excluding hydrogens is 646 g/mol. The van der Waals surface area contributed by atoms with Crippen LogP contribution in [0.25, 0.3) is 21.9 Å². The van der Waals surface area contributed by atoms with Gasteiger partial charge in [-0.25, -0.2) is 14.4 Å². The monoisotopic (exact) mass is 687 g/mol. The number of fused-ring (bicyclic) bond motifs is 2. The van der Waals surface area contributed by atoms with Crippen LogP contribution in [0, 0.1) is 20.8 Å². The smallest absolute Gasteiger partial charge is 0.355 e. The summed E-state index contributed by atoms with van der Waals surface area (Å²) in [5.41, 5.74) is 3.21. The zero-order valence-electron chi connectivity index (χ0n) is 29.5. The zero-order chi connectivity index (χ0) is 36.0. The third kappa shape index (κ3) is 6.41. The number of hydrogen-bond acceptors (Lipinski definition) is 12. The van der Waals surface area contributed by atoms with Gasteiger partial charge in [0.25, 0.3) is 0 Å². The molecule has 0 amide bonds. The van der Waals surface area contributed by atoms with Crippen LogP contribution in [0.15, 0.2) is 67.0 Å². The fourth-order valence-electron chi connectivity index (χ4n) is 6.38. The van der Waals surface area contributed by atoms with Crippen molar-refractivity contribution in [3.05, 3.63) is 91.9 Å². The number of hydrogen-bond donors (Lipinski definition) is 1. The first-order chi connectivity index (χ1) is 23.8. The predicted octanol–water partition coefficient (Wildman–Crippen LogP) is 5.10. The molecule has 1 N–H and O–H groups in total. The fourth-order valence-corrected chi connectivity index (χ4v) is 6.38. The number of ether oxygens (including phenoxy) is 5. The Hall–Kier alpha value is -5.27. The van der Waals surface area contributed by atoms with Crippen molar-refractivity contribution in [2.45, 2.75) is 58.4 Å². The van der Waals surface area contributed by atoms with Gasteiger partial charge in [-0.2, -0.15) is 0 Å². The topological polar surface area (TPSA) is 146 Å². The molecule has 5 atom stereocenters. The molecule has 264 valence electrons. The van der Waals surface area contributed by atoms with Crippen molar-refractivity contribution in [3.8, 4) is 11.5 Å². The SMILES string of the molecule is CO[C@H]1[C@H](OC(=O)c2ccc(C)[nH]2)[C@H](Oc2ccc3c(N(C)C)cc(=O)oc3c2C)[C@@H](Oc2ccc3c(N(C)C)cc(=O)oc3c2C)O[C@@H]1C. The first-order valence-corrected chi connectivity index (χ1v) is 16.1. The van der Waals surface area contributed by atoms with Crippen molar-refractivity contribution in [1.29, 1.82) is 0 Å². The van der Waals surface area contributed by atoms with Crippen LogP contribution in [0.2, 0.25) is 0 Å². The number of H-pyrrole nitrogens is 1. The number of carbonyl (C=O) groups excluding carboxylic acids is 1. The molecule has 13 heteroatoms. The van der Waals surface area contributed by atoms with Crippen LogP contribution in [-0.4, -0.2) is 77.0 Å². The number of aromatic nitrogens is 1. The minimum Gasteiger partial charge on any atom is -0.479 e. The van der Waals surface area contributed by atoms with Gasteiger partial charge in [-0.05, 0) is 64.1 Å². The van der Waals surface area contributed by atoms with Crippen molar-refractivity contribution >= 4 is 39.3 Å². The van der Waals surface area contributed by atoms with E-state index < -0.39 is 47.9 Å². The maximum absolute atomic E-state index is 13.5. The molecule has 6 rings (SSSR count). The van der Waals surface area contributed by atoms with Gasteiger partial charge in [0.15, 0.2) is 12.2 Å². The maximum Gasteiger partial charge on any atom is 0.355 e. The van der Waals surface area contributed by atoms with E-state index in [2.05, 4.69) is 4.98 Å². The third-order valence-electron chi connectivity index (χ3n) is 8.94. The van der Waals surface area contributed by atoms with Crippen LogP contribution in [0.5, 0.6) is 11.5 Å². The molecule has 0 saturated carbocycles. The molecule has 3 aromatic heterocycles. The van der Waals surface area contributed by atoms with Crippen molar-refractivity contribution in [3.63, 3.8) is 0 Å². The molecule has 0 unspecified atom stereocenters. The van der Waals surface area contributed by atoms with Crippen molar-refractivity contribution in [2.75, 3.05) is 45.1 Å². The highest BCUT2D eigenvalue weighted by molar-refractivity contribution is 5.94. The second-order valence-corrected chi connectivity index (χ2v) is 12.9. The fraction of sp³-hybridized carbons (Fsp3) is 0.378. The maximum atomic E-state index is 13.5. The van der Waals surface area contributed by atoms with Crippen LogP contribution in [-0.2, 0) is 14.2 Å². The quantitative estimate of drug-likeness (QED) is 0.163. The molecule has 5 aromatic rings. The molecule has 1 fully saturated rings. The Bertz CT molecular complexity index is 2180. The summed E-state index contributed by atoms with van der Waals surface area (Å²) in [5.74, 6) is 0.0836. The van der Waals surface area contributed by atoms with E-state index in [9.17, 15) is 14.4 Å². The van der Waals surface area contributed by atoms with Gasteiger partial charge in [0.05, 0.1) is 17.5 Å². The first kappa shape index (κ1) is 34.6. The Morgan fingerprint density at radius 1 is 0.740 bits per heavy atom. The number of carbonyl (C=O) groups is 1.